The highest BCUT2D eigenvalue weighted by Crippen LogP contribution is 2.31. The van der Waals surface area contributed by atoms with E-state index in [2.05, 4.69) is 31.1 Å². The van der Waals surface area contributed by atoms with Crippen LogP contribution in [0.3, 0.4) is 0 Å². The molecular formula is C24H25N3O3. The molecule has 6 heteroatoms. The number of benzene rings is 2. The lowest BCUT2D eigenvalue weighted by Gasteiger charge is -2.24. The topological polar surface area (TPSA) is 82.3 Å². The Morgan fingerprint density at radius 1 is 1.03 bits per heavy atom. The third kappa shape index (κ3) is 3.18. The number of aromatic amines is 1. The first-order valence-corrected chi connectivity index (χ1v) is 9.96. The minimum atomic E-state index is -1.20. The zero-order valence-electron chi connectivity index (χ0n) is 17.6. The van der Waals surface area contributed by atoms with Crippen LogP contribution in [0.25, 0.3) is 10.9 Å². The Morgan fingerprint density at radius 2 is 1.70 bits per heavy atom. The molecule has 2 heterocycles. The van der Waals surface area contributed by atoms with Crippen molar-refractivity contribution < 1.29 is 14.4 Å². The molecule has 30 heavy (non-hydrogen) atoms. The quantitative estimate of drug-likeness (QED) is 0.508. The van der Waals surface area contributed by atoms with Crippen LogP contribution in [0.15, 0.2) is 54.7 Å². The number of carbonyl (C=O) groups excluding carboxylic acids is 3. The SMILES string of the molecule is CC(C)(C)c1ccc([C@@]2(C)NC(=O)N(CC(=O)c3c[nH]c4ccccc34)C2=O)cc1. The van der Waals surface area contributed by atoms with Gasteiger partial charge in [0.25, 0.3) is 5.91 Å². The summed E-state index contributed by atoms with van der Waals surface area (Å²) in [4.78, 5) is 42.7. The number of rotatable bonds is 4. The van der Waals surface area contributed by atoms with E-state index in [1.807, 2.05) is 48.5 Å². The largest absolute Gasteiger partial charge is 0.360 e. The first kappa shape index (κ1) is 19.9. The Hall–Kier alpha value is -3.41. The first-order valence-electron chi connectivity index (χ1n) is 9.96. The van der Waals surface area contributed by atoms with Crippen molar-refractivity contribution >= 4 is 28.6 Å². The zero-order chi connectivity index (χ0) is 21.7. The highest BCUT2D eigenvalue weighted by Gasteiger charge is 2.49. The molecule has 1 atom stereocenters. The fourth-order valence-electron chi connectivity index (χ4n) is 3.87. The molecule has 1 aromatic heterocycles. The maximum atomic E-state index is 13.2. The molecule has 0 unspecified atom stereocenters. The number of hydrogen-bond acceptors (Lipinski definition) is 3. The number of aromatic nitrogens is 1. The van der Waals surface area contributed by atoms with E-state index in [0.29, 0.717) is 11.1 Å². The number of amides is 3. The van der Waals surface area contributed by atoms with Crippen molar-refractivity contribution in [3.8, 4) is 0 Å². The maximum absolute atomic E-state index is 13.2. The number of H-pyrrole nitrogens is 1. The van der Waals surface area contributed by atoms with Gasteiger partial charge in [0.15, 0.2) is 5.78 Å². The van der Waals surface area contributed by atoms with Gasteiger partial charge in [-0.3, -0.25) is 14.5 Å². The molecule has 154 valence electrons. The molecule has 2 N–H and O–H groups in total. The average Bonchev–Trinajstić information content (AvgIpc) is 3.23. The van der Waals surface area contributed by atoms with Gasteiger partial charge in [-0.25, -0.2) is 4.79 Å². The third-order valence-corrected chi connectivity index (χ3v) is 5.79. The number of urea groups is 1. The minimum absolute atomic E-state index is 0.0137. The summed E-state index contributed by atoms with van der Waals surface area (Å²) in [5, 5.41) is 3.54. The molecule has 0 radical (unpaired) electrons. The van der Waals surface area contributed by atoms with Gasteiger partial charge in [-0.2, -0.15) is 0 Å². The number of ketones is 1. The van der Waals surface area contributed by atoms with E-state index in [-0.39, 0.29) is 17.7 Å². The highest BCUT2D eigenvalue weighted by molar-refractivity contribution is 6.14. The lowest BCUT2D eigenvalue weighted by Crippen LogP contribution is -2.41. The molecule has 3 amide bonds. The van der Waals surface area contributed by atoms with Gasteiger partial charge in [0.05, 0.1) is 6.54 Å². The summed E-state index contributed by atoms with van der Waals surface area (Å²) in [5.74, 6) is -0.715. The van der Waals surface area contributed by atoms with Gasteiger partial charge in [0.1, 0.15) is 5.54 Å². The summed E-state index contributed by atoms with van der Waals surface area (Å²) < 4.78 is 0. The van der Waals surface area contributed by atoms with Crippen molar-refractivity contribution in [3.05, 3.63) is 71.4 Å². The number of Topliss-reactive ketones (excluding diaryl/α,β-unsaturated/α-hetero) is 1. The number of para-hydroxylation sites is 1. The van der Waals surface area contributed by atoms with E-state index in [4.69, 9.17) is 0 Å². The van der Waals surface area contributed by atoms with Crippen molar-refractivity contribution in [1.82, 2.24) is 15.2 Å². The Labute approximate surface area is 175 Å². The number of nitrogens with one attached hydrogen (secondary N) is 2. The highest BCUT2D eigenvalue weighted by atomic mass is 16.2. The summed E-state index contributed by atoms with van der Waals surface area (Å²) in [6, 6.07) is 14.5. The van der Waals surface area contributed by atoms with E-state index in [0.717, 1.165) is 21.4 Å². The molecule has 1 saturated heterocycles. The minimum Gasteiger partial charge on any atom is -0.360 e. The Bertz CT molecular complexity index is 1150. The second-order valence-corrected chi connectivity index (χ2v) is 8.94. The van der Waals surface area contributed by atoms with Gasteiger partial charge >= 0.3 is 6.03 Å². The monoisotopic (exact) mass is 403 g/mol. The van der Waals surface area contributed by atoms with E-state index in [1.54, 1.807) is 13.1 Å². The fourth-order valence-corrected chi connectivity index (χ4v) is 3.87. The number of imide groups is 1. The van der Waals surface area contributed by atoms with Crippen LogP contribution < -0.4 is 5.32 Å². The normalized spacial score (nSPS) is 19.4. The average molecular weight is 403 g/mol. The van der Waals surface area contributed by atoms with Crippen molar-refractivity contribution in [2.24, 2.45) is 0 Å². The molecule has 1 aliphatic rings. The van der Waals surface area contributed by atoms with Crippen molar-refractivity contribution in [2.45, 2.75) is 38.6 Å². The van der Waals surface area contributed by atoms with Crippen LogP contribution in [0.4, 0.5) is 4.79 Å². The van der Waals surface area contributed by atoms with Crippen molar-refractivity contribution in [1.29, 1.82) is 0 Å². The van der Waals surface area contributed by atoms with Gasteiger partial charge in [-0.15, -0.1) is 0 Å². The third-order valence-electron chi connectivity index (χ3n) is 5.79. The van der Waals surface area contributed by atoms with Gasteiger partial charge in [-0.05, 0) is 29.5 Å². The summed E-state index contributed by atoms with van der Waals surface area (Å²) in [6.07, 6.45) is 1.62. The summed E-state index contributed by atoms with van der Waals surface area (Å²) in [7, 11) is 0. The molecule has 4 rings (SSSR count). The van der Waals surface area contributed by atoms with E-state index < -0.39 is 17.5 Å². The van der Waals surface area contributed by atoms with Gasteiger partial charge < -0.3 is 10.3 Å². The molecule has 0 spiro atoms. The first-order chi connectivity index (χ1) is 14.1. The predicted molar refractivity (Wildman–Crippen MR) is 115 cm³/mol. The predicted octanol–water partition coefficient (Wildman–Crippen LogP) is 4.12. The van der Waals surface area contributed by atoms with Crippen LogP contribution in [0.1, 0.15) is 49.2 Å². The number of carbonyl (C=O) groups is 3. The summed E-state index contributed by atoms with van der Waals surface area (Å²) in [5.41, 5.74) is 1.92. The standard InChI is InChI=1S/C24H25N3O3/c1-23(2,3)15-9-11-16(12-10-15)24(4)21(29)27(22(30)26-24)14-20(28)18-13-25-19-8-6-5-7-17(18)19/h5-13,25H,14H2,1-4H3,(H,26,30)/t24-/m1/s1. The maximum Gasteiger partial charge on any atom is 0.325 e. The smallest absolute Gasteiger partial charge is 0.325 e. The Morgan fingerprint density at radius 3 is 2.37 bits per heavy atom. The lowest BCUT2D eigenvalue weighted by atomic mass is 9.84. The second kappa shape index (κ2) is 6.83. The van der Waals surface area contributed by atoms with Crippen molar-refractivity contribution in [2.75, 3.05) is 6.54 Å². The van der Waals surface area contributed by atoms with E-state index in [1.165, 1.54) is 0 Å². The molecule has 0 aliphatic carbocycles. The second-order valence-electron chi connectivity index (χ2n) is 8.94. The van der Waals surface area contributed by atoms with E-state index in [9.17, 15) is 14.4 Å². The molecule has 0 bridgehead atoms. The van der Waals surface area contributed by atoms with Gasteiger partial charge in [0.2, 0.25) is 0 Å². The van der Waals surface area contributed by atoms with Crippen LogP contribution in [-0.2, 0) is 15.7 Å². The van der Waals surface area contributed by atoms with Crippen LogP contribution in [0, 0.1) is 0 Å². The van der Waals surface area contributed by atoms with Crippen LogP contribution >= 0.6 is 0 Å². The summed E-state index contributed by atoms with van der Waals surface area (Å²) in [6.45, 7) is 7.72. The van der Waals surface area contributed by atoms with Gasteiger partial charge in [0, 0.05) is 22.7 Å². The number of fused-ring (bicyclic) bond motifs is 1. The van der Waals surface area contributed by atoms with Crippen LogP contribution in [0.2, 0.25) is 0 Å². The van der Waals surface area contributed by atoms with E-state index >= 15 is 0 Å². The molecule has 2 aromatic carbocycles. The molecule has 1 fully saturated rings. The molecule has 6 nitrogen and oxygen atoms in total. The zero-order valence-corrected chi connectivity index (χ0v) is 17.6. The van der Waals surface area contributed by atoms with Crippen LogP contribution in [-0.4, -0.2) is 34.2 Å². The molecule has 0 saturated carbocycles. The Kier molecular flexibility index (Phi) is 4.53. The number of hydrogen-bond donors (Lipinski definition) is 2. The van der Waals surface area contributed by atoms with Crippen LogP contribution in [0.5, 0.6) is 0 Å². The summed E-state index contributed by atoms with van der Waals surface area (Å²) >= 11 is 0. The Balaban J connectivity index is 1.58. The van der Waals surface area contributed by atoms with Crippen molar-refractivity contribution in [3.63, 3.8) is 0 Å². The lowest BCUT2D eigenvalue weighted by molar-refractivity contribution is -0.130. The number of nitrogens with zero attached hydrogens (tertiary/aromatic N) is 1. The molecule has 1 aliphatic heterocycles. The molecular weight excluding hydrogens is 378 g/mol. The van der Waals surface area contributed by atoms with Gasteiger partial charge in [-0.1, -0.05) is 63.2 Å². The fraction of sp³-hybridized carbons (Fsp3) is 0.292. The molecule has 3 aromatic rings.